The number of halogens is 1. The third kappa shape index (κ3) is 3.72. The van der Waals surface area contributed by atoms with E-state index in [0.717, 1.165) is 0 Å². The topological polar surface area (TPSA) is 110 Å². The van der Waals surface area contributed by atoms with Crippen molar-refractivity contribution in [2.75, 3.05) is 5.32 Å². The summed E-state index contributed by atoms with van der Waals surface area (Å²) in [7, 11) is 0. The van der Waals surface area contributed by atoms with E-state index >= 15 is 0 Å². The van der Waals surface area contributed by atoms with Gasteiger partial charge in [-0.05, 0) is 37.3 Å². The van der Waals surface area contributed by atoms with Crippen molar-refractivity contribution in [3.8, 4) is 0 Å². The minimum atomic E-state index is -1.18. The molecule has 1 amide bonds. The second-order valence-corrected chi connectivity index (χ2v) is 5.62. The van der Waals surface area contributed by atoms with Gasteiger partial charge in [-0.3, -0.25) is 14.9 Å². The molecule has 0 spiro atoms. The van der Waals surface area contributed by atoms with Crippen molar-refractivity contribution in [3.63, 3.8) is 0 Å². The first kappa shape index (κ1) is 16.6. The number of nitro benzene ring substituents is 1. The summed E-state index contributed by atoms with van der Waals surface area (Å²) in [6, 6.07) is 8.38. The molecule has 2 aromatic rings. The van der Waals surface area contributed by atoms with Gasteiger partial charge < -0.3 is 10.4 Å². The third-order valence-corrected chi connectivity index (χ3v) is 3.61. The molecular formula is C15H11BrN2O5. The van der Waals surface area contributed by atoms with Crippen LogP contribution in [0.15, 0.2) is 40.9 Å². The normalized spacial score (nSPS) is 10.2. The van der Waals surface area contributed by atoms with Crippen molar-refractivity contribution in [2.45, 2.75) is 6.92 Å². The average Bonchev–Trinajstić information content (AvgIpc) is 2.48. The standard InChI is InChI=1S/C15H11BrN2O5/c1-8-6-9(2-5-13(8)18(22)23)14(19)17-12-4-3-10(16)7-11(12)15(20)21/h2-7H,1H3,(H,17,19)(H,20,21). The molecule has 2 aromatic carbocycles. The van der Waals surface area contributed by atoms with Crippen LogP contribution >= 0.6 is 15.9 Å². The highest BCUT2D eigenvalue weighted by Gasteiger charge is 2.16. The molecular weight excluding hydrogens is 368 g/mol. The number of benzene rings is 2. The Morgan fingerprint density at radius 2 is 1.91 bits per heavy atom. The molecule has 0 aromatic heterocycles. The number of hydrogen-bond donors (Lipinski definition) is 2. The van der Waals surface area contributed by atoms with Crippen LogP contribution < -0.4 is 5.32 Å². The zero-order chi connectivity index (χ0) is 17.1. The molecule has 7 nitrogen and oxygen atoms in total. The molecule has 0 bridgehead atoms. The Morgan fingerprint density at radius 3 is 2.48 bits per heavy atom. The van der Waals surface area contributed by atoms with Gasteiger partial charge in [0.2, 0.25) is 0 Å². The molecule has 118 valence electrons. The van der Waals surface area contributed by atoms with Gasteiger partial charge in [0.1, 0.15) is 0 Å². The van der Waals surface area contributed by atoms with E-state index in [2.05, 4.69) is 21.2 Å². The van der Waals surface area contributed by atoms with Gasteiger partial charge >= 0.3 is 5.97 Å². The van der Waals surface area contributed by atoms with Crippen LogP contribution in [0.2, 0.25) is 0 Å². The number of carboxylic acids is 1. The summed E-state index contributed by atoms with van der Waals surface area (Å²) >= 11 is 3.17. The van der Waals surface area contributed by atoms with Crippen LogP contribution in [-0.4, -0.2) is 21.9 Å². The largest absolute Gasteiger partial charge is 0.478 e. The first-order valence-corrected chi connectivity index (χ1v) is 7.18. The number of nitro groups is 1. The number of anilines is 1. The fourth-order valence-corrected chi connectivity index (χ4v) is 2.36. The maximum atomic E-state index is 12.2. The first-order chi connectivity index (χ1) is 10.8. The van der Waals surface area contributed by atoms with E-state index in [1.54, 1.807) is 6.07 Å². The van der Waals surface area contributed by atoms with Crippen molar-refractivity contribution >= 4 is 39.2 Å². The third-order valence-electron chi connectivity index (χ3n) is 3.12. The van der Waals surface area contributed by atoms with Crippen LogP contribution in [0.25, 0.3) is 0 Å². The number of aryl methyl sites for hydroxylation is 1. The Kier molecular flexibility index (Phi) is 4.75. The van der Waals surface area contributed by atoms with Gasteiger partial charge in [0, 0.05) is 21.7 Å². The van der Waals surface area contributed by atoms with Crippen molar-refractivity contribution < 1.29 is 19.6 Å². The molecule has 8 heteroatoms. The number of rotatable bonds is 4. The lowest BCUT2D eigenvalue weighted by atomic mass is 10.1. The molecule has 0 fully saturated rings. The minimum Gasteiger partial charge on any atom is -0.478 e. The smallest absolute Gasteiger partial charge is 0.337 e. The highest BCUT2D eigenvalue weighted by Crippen LogP contribution is 2.23. The maximum absolute atomic E-state index is 12.2. The molecule has 0 aliphatic carbocycles. The summed E-state index contributed by atoms with van der Waals surface area (Å²) in [5, 5.41) is 22.4. The van der Waals surface area contributed by atoms with Gasteiger partial charge in [0.15, 0.2) is 0 Å². The Morgan fingerprint density at radius 1 is 1.22 bits per heavy atom. The van der Waals surface area contributed by atoms with Crippen LogP contribution in [0.1, 0.15) is 26.3 Å². The number of carbonyl (C=O) groups is 2. The zero-order valence-electron chi connectivity index (χ0n) is 11.9. The van der Waals surface area contributed by atoms with Crippen molar-refractivity contribution in [3.05, 3.63) is 67.7 Å². The van der Waals surface area contributed by atoms with Crippen LogP contribution in [0.3, 0.4) is 0 Å². The van der Waals surface area contributed by atoms with Crippen LogP contribution in [0.4, 0.5) is 11.4 Å². The van der Waals surface area contributed by atoms with E-state index in [4.69, 9.17) is 5.11 Å². The summed E-state index contributed by atoms with van der Waals surface area (Å²) in [6.07, 6.45) is 0. The summed E-state index contributed by atoms with van der Waals surface area (Å²) in [5.41, 5.74) is 0.536. The van der Waals surface area contributed by atoms with E-state index in [-0.39, 0.29) is 22.5 Å². The molecule has 2 N–H and O–H groups in total. The Hall–Kier alpha value is -2.74. The zero-order valence-corrected chi connectivity index (χ0v) is 13.5. The molecule has 0 atom stereocenters. The van der Waals surface area contributed by atoms with E-state index in [0.29, 0.717) is 10.0 Å². The van der Waals surface area contributed by atoms with E-state index in [1.165, 1.54) is 37.3 Å². The van der Waals surface area contributed by atoms with Crippen LogP contribution in [0, 0.1) is 17.0 Å². The number of hydrogen-bond acceptors (Lipinski definition) is 4. The van der Waals surface area contributed by atoms with Gasteiger partial charge in [-0.15, -0.1) is 0 Å². The number of amides is 1. The second kappa shape index (κ2) is 6.57. The molecule has 0 unspecified atom stereocenters. The SMILES string of the molecule is Cc1cc(C(=O)Nc2ccc(Br)cc2C(=O)O)ccc1[N+](=O)[O-]. The summed E-state index contributed by atoms with van der Waals surface area (Å²) in [6.45, 7) is 1.53. The maximum Gasteiger partial charge on any atom is 0.337 e. The van der Waals surface area contributed by atoms with Gasteiger partial charge in [0.25, 0.3) is 11.6 Å². The van der Waals surface area contributed by atoms with Crippen LogP contribution in [0.5, 0.6) is 0 Å². The van der Waals surface area contributed by atoms with E-state index in [1.807, 2.05) is 0 Å². The number of nitrogens with zero attached hydrogens (tertiary/aromatic N) is 1. The fraction of sp³-hybridized carbons (Fsp3) is 0.0667. The fourth-order valence-electron chi connectivity index (χ4n) is 2.00. The van der Waals surface area contributed by atoms with Gasteiger partial charge in [-0.2, -0.15) is 0 Å². The quantitative estimate of drug-likeness (QED) is 0.623. The molecule has 0 aliphatic rings. The average molecular weight is 379 g/mol. The molecule has 0 saturated carbocycles. The highest BCUT2D eigenvalue weighted by molar-refractivity contribution is 9.10. The van der Waals surface area contributed by atoms with Crippen molar-refractivity contribution in [2.24, 2.45) is 0 Å². The van der Waals surface area contributed by atoms with Crippen molar-refractivity contribution in [1.29, 1.82) is 0 Å². The minimum absolute atomic E-state index is 0.0636. The lowest BCUT2D eigenvalue weighted by Crippen LogP contribution is -2.15. The van der Waals surface area contributed by atoms with Gasteiger partial charge in [0.05, 0.1) is 16.2 Å². The summed E-state index contributed by atoms with van der Waals surface area (Å²) < 4.78 is 0.569. The number of carboxylic acid groups (broad SMARTS) is 1. The molecule has 2 rings (SSSR count). The Bertz CT molecular complexity index is 820. The predicted molar refractivity (Wildman–Crippen MR) is 86.9 cm³/mol. The lowest BCUT2D eigenvalue weighted by molar-refractivity contribution is -0.385. The monoisotopic (exact) mass is 378 g/mol. The summed E-state index contributed by atoms with van der Waals surface area (Å²) in [4.78, 5) is 33.7. The Balaban J connectivity index is 2.31. The van der Waals surface area contributed by atoms with Crippen molar-refractivity contribution in [1.82, 2.24) is 0 Å². The number of nitrogens with one attached hydrogen (secondary N) is 1. The summed E-state index contributed by atoms with van der Waals surface area (Å²) in [5.74, 6) is -1.73. The molecule has 23 heavy (non-hydrogen) atoms. The van der Waals surface area contributed by atoms with Gasteiger partial charge in [-0.25, -0.2) is 4.79 Å². The molecule has 0 saturated heterocycles. The predicted octanol–water partition coefficient (Wildman–Crippen LogP) is 3.62. The lowest BCUT2D eigenvalue weighted by Gasteiger charge is -2.09. The number of aromatic carboxylic acids is 1. The first-order valence-electron chi connectivity index (χ1n) is 6.39. The molecule has 0 heterocycles. The number of carbonyl (C=O) groups excluding carboxylic acids is 1. The highest BCUT2D eigenvalue weighted by atomic mass is 79.9. The molecule has 0 radical (unpaired) electrons. The van der Waals surface area contributed by atoms with Crippen LogP contribution in [-0.2, 0) is 0 Å². The van der Waals surface area contributed by atoms with E-state index in [9.17, 15) is 19.7 Å². The molecule has 0 aliphatic heterocycles. The Labute approximate surface area is 139 Å². The second-order valence-electron chi connectivity index (χ2n) is 4.71. The van der Waals surface area contributed by atoms with Gasteiger partial charge in [-0.1, -0.05) is 15.9 Å². The van der Waals surface area contributed by atoms with E-state index < -0.39 is 16.8 Å².